The van der Waals surface area contributed by atoms with Crippen LogP contribution in [-0.4, -0.2) is 119 Å². The van der Waals surface area contributed by atoms with Crippen LogP contribution in [0.5, 0.6) is 5.75 Å². The second-order valence-electron chi connectivity index (χ2n) is 17.3. The predicted molar refractivity (Wildman–Crippen MR) is 218 cm³/mol. The van der Waals surface area contributed by atoms with Crippen molar-refractivity contribution in [3.63, 3.8) is 0 Å². The van der Waals surface area contributed by atoms with Gasteiger partial charge < -0.3 is 24.8 Å². The lowest BCUT2D eigenvalue weighted by Crippen LogP contribution is -2.61. The summed E-state index contributed by atoms with van der Waals surface area (Å²) in [7, 11) is 0. The topological polar surface area (TPSA) is 194 Å². The van der Waals surface area contributed by atoms with E-state index in [4.69, 9.17) is 21.6 Å². The van der Waals surface area contributed by atoms with Crippen LogP contribution >= 0.6 is 11.6 Å². The molecule has 2 N–H and O–H groups in total. The maximum Gasteiger partial charge on any atom is 0.273 e. The second-order valence-corrected chi connectivity index (χ2v) is 17.8. The van der Waals surface area contributed by atoms with Gasteiger partial charge in [-0.25, -0.2) is 9.37 Å². The number of nitrogens with one attached hydrogen (secondary N) is 2. The highest BCUT2D eigenvalue weighted by Gasteiger charge is 2.48. The number of anilines is 2. The van der Waals surface area contributed by atoms with Gasteiger partial charge in [0.05, 0.1) is 39.7 Å². The molecule has 2 aromatic carbocycles. The Balaban J connectivity index is 0.692. The van der Waals surface area contributed by atoms with Gasteiger partial charge in [-0.1, -0.05) is 11.6 Å². The smallest absolute Gasteiger partial charge is 0.273 e. The third-order valence-corrected chi connectivity index (χ3v) is 13.7. The van der Waals surface area contributed by atoms with Crippen molar-refractivity contribution in [2.45, 2.75) is 82.4 Å². The van der Waals surface area contributed by atoms with Gasteiger partial charge in [-0.3, -0.25) is 34.2 Å². The van der Waals surface area contributed by atoms with Gasteiger partial charge >= 0.3 is 0 Å². The van der Waals surface area contributed by atoms with Gasteiger partial charge in [0.25, 0.3) is 17.7 Å². The number of nitrogens with zero attached hydrogens (tertiary/aromatic N) is 8. The molecule has 16 nitrogen and oxygen atoms in total. The molecule has 18 heteroatoms. The van der Waals surface area contributed by atoms with Gasteiger partial charge in [-0.2, -0.15) is 5.26 Å². The monoisotopic (exact) mass is 852 g/mol. The molecule has 5 amide bonds. The lowest BCUT2D eigenvalue weighted by Gasteiger charge is -2.55. The van der Waals surface area contributed by atoms with Crippen molar-refractivity contribution in [2.75, 3.05) is 55.6 Å². The average Bonchev–Trinajstić information content (AvgIpc) is 3.48. The number of rotatable bonds is 9. The summed E-state index contributed by atoms with van der Waals surface area (Å²) < 4.78 is 21.5. The number of ether oxygens (including phenoxy) is 1. The first-order valence-electron chi connectivity index (χ1n) is 21.1. The number of nitriles is 1. The fourth-order valence-electron chi connectivity index (χ4n) is 9.82. The maximum absolute atomic E-state index is 15.4. The number of imide groups is 2. The summed E-state index contributed by atoms with van der Waals surface area (Å²) in [5.41, 5.74) is 0.972. The summed E-state index contributed by atoms with van der Waals surface area (Å²) in [6.07, 6.45) is 8.57. The fourth-order valence-corrected chi connectivity index (χ4v) is 10.0. The van der Waals surface area contributed by atoms with Gasteiger partial charge in [-0.05, 0) is 101 Å². The molecule has 1 saturated carbocycles. The van der Waals surface area contributed by atoms with E-state index >= 15 is 4.39 Å². The van der Waals surface area contributed by atoms with E-state index in [1.54, 1.807) is 18.2 Å². The summed E-state index contributed by atoms with van der Waals surface area (Å²) >= 11 is 6.14. The van der Waals surface area contributed by atoms with Crippen molar-refractivity contribution in [3.05, 3.63) is 69.8 Å². The first kappa shape index (κ1) is 40.7. The summed E-state index contributed by atoms with van der Waals surface area (Å²) in [4.78, 5) is 75.4. The minimum Gasteiger partial charge on any atom is -0.490 e. The largest absolute Gasteiger partial charge is 0.490 e. The second kappa shape index (κ2) is 16.6. The third-order valence-electron chi connectivity index (χ3n) is 13.4. The number of aromatic nitrogens is 3. The Hall–Kier alpha value is -5.73. The minimum absolute atomic E-state index is 0.00120. The fraction of sp³-hybridized carbons (Fsp3) is 0.512. The van der Waals surface area contributed by atoms with Crippen LogP contribution in [0.2, 0.25) is 5.02 Å². The molecule has 0 bridgehead atoms. The van der Waals surface area contributed by atoms with Crippen molar-refractivity contribution in [3.8, 4) is 11.8 Å². The quantitative estimate of drug-likeness (QED) is 0.295. The molecule has 1 atom stereocenters. The zero-order valence-electron chi connectivity index (χ0n) is 33.6. The van der Waals surface area contributed by atoms with E-state index in [9.17, 15) is 24.0 Å². The molecule has 1 spiro atoms. The Kier molecular flexibility index (Phi) is 11.1. The zero-order valence-corrected chi connectivity index (χ0v) is 34.3. The molecule has 6 heterocycles. The number of piperidine rings is 3. The van der Waals surface area contributed by atoms with Gasteiger partial charge in [0.2, 0.25) is 17.8 Å². The molecule has 1 unspecified atom stereocenters. The Labute approximate surface area is 356 Å². The first-order chi connectivity index (χ1) is 29.5. The lowest BCUT2D eigenvalue weighted by atomic mass is 9.71. The molecule has 0 radical (unpaired) electrons. The van der Waals surface area contributed by atoms with Gasteiger partial charge in [0.1, 0.15) is 23.7 Å². The van der Waals surface area contributed by atoms with E-state index in [-0.39, 0.29) is 58.8 Å². The first-order valence-corrected chi connectivity index (χ1v) is 21.5. The number of carbonyl (C=O) groups excluding carboxylic acids is 5. The van der Waals surface area contributed by atoms with Gasteiger partial charge in [0.15, 0.2) is 5.69 Å². The van der Waals surface area contributed by atoms with E-state index in [0.717, 1.165) is 95.1 Å². The number of hydrogen-bond donors (Lipinski definition) is 2. The van der Waals surface area contributed by atoms with E-state index in [1.165, 1.54) is 12.3 Å². The number of hydrogen-bond acceptors (Lipinski definition) is 13. The number of fused-ring (bicyclic) bond motifs is 1. The third kappa shape index (κ3) is 8.22. The molecule has 3 aromatic rings. The van der Waals surface area contributed by atoms with E-state index in [0.29, 0.717) is 41.3 Å². The van der Waals surface area contributed by atoms with Crippen molar-refractivity contribution in [1.82, 2.24) is 35.6 Å². The molecule has 5 fully saturated rings. The summed E-state index contributed by atoms with van der Waals surface area (Å²) in [5, 5.41) is 23.2. The molecule has 4 saturated heterocycles. The molecule has 61 heavy (non-hydrogen) atoms. The maximum atomic E-state index is 15.4. The van der Waals surface area contributed by atoms with Crippen LogP contribution in [0.1, 0.15) is 101 Å². The normalized spacial score (nSPS) is 24.3. The molecule has 318 valence electrons. The number of amides is 5. The average molecular weight is 853 g/mol. The van der Waals surface area contributed by atoms with Crippen LogP contribution in [0, 0.1) is 28.5 Å². The molecular weight excluding hydrogens is 807 g/mol. The Morgan fingerprint density at radius 2 is 1.66 bits per heavy atom. The molecular formula is C43H46ClFN10O6. The summed E-state index contributed by atoms with van der Waals surface area (Å²) in [6.45, 7) is 5.84. The molecule has 9 rings (SSSR count). The standard InChI is InChI=1S/C43H46ClFN10O6/c44-32-17-29(4-1-26(32)20-46)61-28-5-2-27(3-6-28)48-38(57)34-21-47-42(51-50-34)53-13-9-25(10-14-53)22-52-15-11-43(12-16-52)23-54(24-43)36-19-31-30(18-33(36)45)40(59)55(41(31)60)35-7-8-37(56)49-39(35)58/h1,4,17-19,21,25,27-28,35H,2-3,5-16,22-24H2,(H,48,57)(H,49,56,58)/t27-,28-,35?. The number of likely N-dealkylation sites (tertiary alicyclic amines) is 1. The number of halogens is 2. The van der Waals surface area contributed by atoms with Crippen LogP contribution in [-0.2, 0) is 9.59 Å². The lowest BCUT2D eigenvalue weighted by molar-refractivity contribution is -0.136. The summed E-state index contributed by atoms with van der Waals surface area (Å²) in [5.74, 6) is -1.69. The zero-order chi connectivity index (χ0) is 42.4. The number of carbonyl (C=O) groups is 5. The Morgan fingerprint density at radius 1 is 0.934 bits per heavy atom. The van der Waals surface area contributed by atoms with Gasteiger partial charge in [-0.15, -0.1) is 10.2 Å². The van der Waals surface area contributed by atoms with Crippen LogP contribution in [0.25, 0.3) is 0 Å². The molecule has 6 aliphatic rings. The highest BCUT2D eigenvalue weighted by Crippen LogP contribution is 2.45. The highest BCUT2D eigenvalue weighted by molar-refractivity contribution is 6.31. The van der Waals surface area contributed by atoms with Gasteiger partial charge in [0, 0.05) is 56.7 Å². The molecule has 5 aliphatic heterocycles. The predicted octanol–water partition coefficient (Wildman–Crippen LogP) is 3.88. The molecule has 1 aliphatic carbocycles. The molecule has 1 aromatic heterocycles. The van der Waals surface area contributed by atoms with Crippen molar-refractivity contribution in [1.29, 1.82) is 5.26 Å². The summed E-state index contributed by atoms with van der Waals surface area (Å²) in [6, 6.07) is 8.56. The van der Waals surface area contributed by atoms with E-state index in [1.807, 2.05) is 11.0 Å². The number of benzene rings is 2. The SMILES string of the molecule is N#Cc1ccc(O[C@H]2CC[C@H](NC(=O)c3cnc(N4CCC(CN5CCC6(CC5)CN(c5cc7c(cc5F)C(=O)N(C5CCC(=O)NC5=O)C7=O)C6)CC4)nn3)CC2)cc1Cl. The van der Waals surface area contributed by atoms with Crippen LogP contribution < -0.4 is 25.2 Å². The van der Waals surface area contributed by atoms with Crippen molar-refractivity contribution < 1.29 is 33.1 Å². The highest BCUT2D eigenvalue weighted by atomic mass is 35.5. The Bertz CT molecular complexity index is 2290. The van der Waals surface area contributed by atoms with Crippen molar-refractivity contribution in [2.24, 2.45) is 11.3 Å². The van der Waals surface area contributed by atoms with Crippen LogP contribution in [0.3, 0.4) is 0 Å². The van der Waals surface area contributed by atoms with E-state index in [2.05, 4.69) is 35.6 Å². The van der Waals surface area contributed by atoms with Crippen LogP contribution in [0.4, 0.5) is 16.0 Å². The van der Waals surface area contributed by atoms with Crippen LogP contribution in [0.15, 0.2) is 36.5 Å². The van der Waals surface area contributed by atoms with Crippen molar-refractivity contribution >= 4 is 52.8 Å². The minimum atomic E-state index is -1.10. The Morgan fingerprint density at radius 3 is 2.31 bits per heavy atom. The van der Waals surface area contributed by atoms with E-state index < -0.39 is 35.5 Å².